The summed E-state index contributed by atoms with van der Waals surface area (Å²) in [6, 6.07) is 5.08. The first-order valence-corrected chi connectivity index (χ1v) is 10.9. The van der Waals surface area contributed by atoms with Crippen LogP contribution in [0.2, 0.25) is 0 Å². The van der Waals surface area contributed by atoms with Crippen molar-refractivity contribution in [3.8, 4) is 0 Å². The molecule has 1 aliphatic rings. The molecule has 1 fully saturated rings. The molecular formula is C18H29F3IN5O2S. The predicted octanol–water partition coefficient (Wildman–Crippen LogP) is 2.04. The van der Waals surface area contributed by atoms with Gasteiger partial charge < -0.3 is 10.2 Å². The molecule has 0 spiro atoms. The van der Waals surface area contributed by atoms with Crippen LogP contribution in [-0.2, 0) is 10.0 Å². The topological polar surface area (TPSA) is 77.0 Å². The van der Waals surface area contributed by atoms with Crippen LogP contribution in [0.1, 0.15) is 12.5 Å². The normalized spacial score (nSPS) is 17.4. The second-order valence-electron chi connectivity index (χ2n) is 6.93. The van der Waals surface area contributed by atoms with Gasteiger partial charge in [-0.1, -0.05) is 17.7 Å². The minimum absolute atomic E-state index is 0. The maximum absolute atomic E-state index is 12.9. The molecule has 0 saturated carbocycles. The third-order valence-electron chi connectivity index (χ3n) is 4.88. The highest BCUT2D eigenvalue weighted by Gasteiger charge is 2.41. The van der Waals surface area contributed by atoms with Crippen LogP contribution < -0.4 is 10.0 Å². The maximum atomic E-state index is 12.9. The molecule has 1 unspecified atom stereocenters. The lowest BCUT2D eigenvalue weighted by Crippen LogP contribution is -2.57. The number of hydrogen-bond acceptors (Lipinski definition) is 4. The molecule has 0 aromatic heterocycles. The van der Waals surface area contributed by atoms with Crippen molar-refractivity contribution in [3.63, 3.8) is 0 Å². The fourth-order valence-corrected chi connectivity index (χ4v) is 4.05. The molecule has 1 saturated heterocycles. The van der Waals surface area contributed by atoms with Crippen molar-refractivity contribution in [2.24, 2.45) is 4.99 Å². The molecule has 2 N–H and O–H groups in total. The summed E-state index contributed by atoms with van der Waals surface area (Å²) in [5.41, 5.74) is 0.971. The van der Waals surface area contributed by atoms with Gasteiger partial charge in [-0.15, -0.1) is 24.0 Å². The van der Waals surface area contributed by atoms with Crippen LogP contribution in [0, 0.1) is 6.92 Å². The van der Waals surface area contributed by atoms with E-state index < -0.39 is 22.2 Å². The first-order valence-electron chi connectivity index (χ1n) is 9.37. The van der Waals surface area contributed by atoms with E-state index in [4.69, 9.17) is 0 Å². The molecule has 0 aliphatic carbocycles. The van der Waals surface area contributed by atoms with E-state index in [1.807, 2.05) is 11.8 Å². The second-order valence-corrected chi connectivity index (χ2v) is 8.69. The molecule has 0 amide bonds. The van der Waals surface area contributed by atoms with Crippen molar-refractivity contribution < 1.29 is 21.6 Å². The van der Waals surface area contributed by atoms with Gasteiger partial charge in [0.05, 0.1) is 4.90 Å². The molecule has 0 radical (unpaired) electrons. The van der Waals surface area contributed by atoms with Crippen molar-refractivity contribution >= 4 is 40.0 Å². The monoisotopic (exact) mass is 563 g/mol. The van der Waals surface area contributed by atoms with Crippen molar-refractivity contribution in [2.75, 3.05) is 46.3 Å². The largest absolute Gasteiger partial charge is 0.403 e. The fraction of sp³-hybridized carbons (Fsp3) is 0.611. The third-order valence-corrected chi connectivity index (χ3v) is 6.36. The molecule has 12 heteroatoms. The van der Waals surface area contributed by atoms with Crippen LogP contribution in [0.15, 0.2) is 34.2 Å². The number of nitrogens with one attached hydrogen (secondary N) is 2. The van der Waals surface area contributed by atoms with Crippen LogP contribution in [0.25, 0.3) is 0 Å². The molecule has 1 aromatic carbocycles. The van der Waals surface area contributed by atoms with E-state index in [1.165, 1.54) is 11.8 Å². The van der Waals surface area contributed by atoms with Gasteiger partial charge in [-0.05, 0) is 26.0 Å². The summed E-state index contributed by atoms with van der Waals surface area (Å²) < 4.78 is 65.6. The van der Waals surface area contributed by atoms with E-state index in [9.17, 15) is 21.6 Å². The summed E-state index contributed by atoms with van der Waals surface area (Å²) in [6.45, 7) is 4.89. The quantitative estimate of drug-likeness (QED) is 0.240. The summed E-state index contributed by atoms with van der Waals surface area (Å²) in [6.07, 6.45) is -4.24. The lowest BCUT2D eigenvalue weighted by molar-refractivity contribution is -0.181. The van der Waals surface area contributed by atoms with Crippen molar-refractivity contribution in [1.29, 1.82) is 0 Å². The summed E-state index contributed by atoms with van der Waals surface area (Å²) in [7, 11) is -2.01. The predicted molar refractivity (Wildman–Crippen MR) is 122 cm³/mol. The summed E-state index contributed by atoms with van der Waals surface area (Å²) in [4.78, 5) is 7.61. The average molecular weight is 563 g/mol. The second kappa shape index (κ2) is 11.5. The molecule has 1 atom stereocenters. The maximum Gasteiger partial charge on any atom is 0.403 e. The Morgan fingerprint density at radius 3 is 2.20 bits per heavy atom. The molecule has 1 aliphatic heterocycles. The molecule has 7 nitrogen and oxygen atoms in total. The highest BCUT2D eigenvalue weighted by molar-refractivity contribution is 14.0. The Bertz CT molecular complexity index is 795. The van der Waals surface area contributed by atoms with Gasteiger partial charge in [0.1, 0.15) is 6.04 Å². The van der Waals surface area contributed by atoms with Crippen molar-refractivity contribution in [3.05, 3.63) is 29.8 Å². The minimum atomic E-state index is -4.24. The molecule has 2 rings (SSSR count). The number of alkyl halides is 3. The van der Waals surface area contributed by atoms with Crippen LogP contribution >= 0.6 is 24.0 Å². The lowest BCUT2D eigenvalue weighted by atomic mass is 10.2. The third kappa shape index (κ3) is 7.54. The SMILES string of the molecule is CN=C(NCCNS(=O)(=O)c1ccc(C)cc1)N1CCN(C(C)C(F)(F)F)CC1.I. The van der Waals surface area contributed by atoms with Gasteiger partial charge in [0.25, 0.3) is 0 Å². The number of nitrogens with zero attached hydrogens (tertiary/aromatic N) is 3. The zero-order valence-corrected chi connectivity index (χ0v) is 20.4. The van der Waals surface area contributed by atoms with Gasteiger partial charge >= 0.3 is 6.18 Å². The van der Waals surface area contributed by atoms with Crippen LogP contribution in [0.5, 0.6) is 0 Å². The first kappa shape index (κ1) is 26.9. The molecular weight excluding hydrogens is 534 g/mol. The standard InChI is InChI=1S/C18H28F3N5O2S.HI/c1-14-4-6-16(7-5-14)29(27,28)24-9-8-23-17(22-3)26-12-10-25(11-13-26)15(2)18(19,20)21;/h4-7,15,24H,8-13H2,1-3H3,(H,22,23);1H. The van der Waals surface area contributed by atoms with Gasteiger partial charge in [0, 0.05) is 46.3 Å². The number of aryl methyl sites for hydroxylation is 1. The first-order chi connectivity index (χ1) is 13.5. The number of aliphatic imine (C=N–C) groups is 1. The summed E-state index contributed by atoms with van der Waals surface area (Å²) in [5, 5.41) is 3.05. The highest BCUT2D eigenvalue weighted by atomic mass is 127. The average Bonchev–Trinajstić information content (AvgIpc) is 2.67. The molecule has 172 valence electrons. The Labute approximate surface area is 193 Å². The smallest absolute Gasteiger partial charge is 0.355 e. The van der Waals surface area contributed by atoms with Crippen molar-refractivity contribution in [2.45, 2.75) is 31.0 Å². The van der Waals surface area contributed by atoms with E-state index in [0.717, 1.165) is 5.56 Å². The van der Waals surface area contributed by atoms with E-state index in [1.54, 1.807) is 31.3 Å². The van der Waals surface area contributed by atoms with E-state index in [0.29, 0.717) is 25.6 Å². The minimum Gasteiger partial charge on any atom is -0.355 e. The van der Waals surface area contributed by atoms with Gasteiger partial charge in [-0.3, -0.25) is 9.89 Å². The van der Waals surface area contributed by atoms with Crippen molar-refractivity contribution in [1.82, 2.24) is 19.8 Å². The Morgan fingerprint density at radius 1 is 1.13 bits per heavy atom. The van der Waals surface area contributed by atoms with E-state index in [-0.39, 0.29) is 48.5 Å². The summed E-state index contributed by atoms with van der Waals surface area (Å²) >= 11 is 0. The lowest BCUT2D eigenvalue weighted by Gasteiger charge is -2.39. The summed E-state index contributed by atoms with van der Waals surface area (Å²) in [5.74, 6) is 0.541. The Morgan fingerprint density at radius 2 is 1.70 bits per heavy atom. The molecule has 30 heavy (non-hydrogen) atoms. The molecule has 0 bridgehead atoms. The number of halogens is 4. The highest BCUT2D eigenvalue weighted by Crippen LogP contribution is 2.25. The number of piperazine rings is 1. The number of sulfonamides is 1. The Kier molecular flexibility index (Phi) is 10.3. The fourth-order valence-electron chi connectivity index (χ4n) is 3.02. The van der Waals surface area contributed by atoms with Gasteiger partial charge in [0.15, 0.2) is 5.96 Å². The zero-order valence-electron chi connectivity index (χ0n) is 17.2. The van der Waals surface area contributed by atoms with E-state index >= 15 is 0 Å². The zero-order chi connectivity index (χ0) is 21.7. The van der Waals surface area contributed by atoms with E-state index in [2.05, 4.69) is 15.0 Å². The molecule has 1 aromatic rings. The number of hydrogen-bond donors (Lipinski definition) is 2. The van der Waals surface area contributed by atoms with Gasteiger partial charge in [-0.25, -0.2) is 13.1 Å². The Hall–Kier alpha value is -1.12. The van der Waals surface area contributed by atoms with Crippen LogP contribution in [0.4, 0.5) is 13.2 Å². The number of rotatable bonds is 6. The molecule has 1 heterocycles. The van der Waals surface area contributed by atoms with Crippen LogP contribution in [0.3, 0.4) is 0 Å². The van der Waals surface area contributed by atoms with Crippen LogP contribution in [-0.4, -0.2) is 82.7 Å². The number of guanidine groups is 1. The van der Waals surface area contributed by atoms with Gasteiger partial charge in [-0.2, -0.15) is 13.2 Å². The Balaban J connectivity index is 0.00000450. The van der Waals surface area contributed by atoms with Gasteiger partial charge in [0.2, 0.25) is 10.0 Å². The number of benzene rings is 1.